The summed E-state index contributed by atoms with van der Waals surface area (Å²) in [6.45, 7) is 5.28. The zero-order valence-electron chi connectivity index (χ0n) is 23.1. The fraction of sp³-hybridized carbons (Fsp3) is 0.233. The van der Waals surface area contributed by atoms with Gasteiger partial charge in [0.1, 0.15) is 0 Å². The molecule has 10 nitrogen and oxygen atoms in total. The number of carbonyl (C=O) groups is 4. The number of urea groups is 1. The molecule has 0 bridgehead atoms. The van der Waals surface area contributed by atoms with E-state index in [4.69, 9.17) is 5.73 Å². The first-order valence-corrected chi connectivity index (χ1v) is 14.3. The van der Waals surface area contributed by atoms with Crippen LogP contribution in [0.1, 0.15) is 37.6 Å². The van der Waals surface area contributed by atoms with Gasteiger partial charge in [0.25, 0.3) is 0 Å². The van der Waals surface area contributed by atoms with Crippen LogP contribution < -0.4 is 27.1 Å². The molecule has 0 fully saturated rings. The summed E-state index contributed by atoms with van der Waals surface area (Å²) in [5, 5.41) is 12.6. The fourth-order valence-electron chi connectivity index (χ4n) is 3.69. The Labute approximate surface area is 245 Å². The Morgan fingerprint density at radius 2 is 1.41 bits per heavy atom. The molecular formula is C30H34CoN6O4. The van der Waals surface area contributed by atoms with Gasteiger partial charge in [-0.15, -0.1) is 0 Å². The van der Waals surface area contributed by atoms with Crippen molar-refractivity contribution in [2.75, 3.05) is 21.4 Å². The Kier molecular flexibility index (Phi) is 11.6. The van der Waals surface area contributed by atoms with Crippen molar-refractivity contribution in [1.29, 1.82) is 0 Å². The van der Waals surface area contributed by atoms with Crippen molar-refractivity contribution in [2.45, 2.75) is 37.4 Å². The molecule has 3 rings (SSSR count). The third-order valence-corrected chi connectivity index (χ3v) is 7.91. The molecule has 0 aromatic heterocycles. The molecule has 0 saturated heterocycles. The van der Waals surface area contributed by atoms with E-state index in [1.165, 1.54) is 33.3 Å². The summed E-state index contributed by atoms with van der Waals surface area (Å²) in [7, 11) is 0. The van der Waals surface area contributed by atoms with E-state index in [1.54, 1.807) is 42.5 Å². The molecule has 11 heteroatoms. The first-order chi connectivity index (χ1) is 19.7. The summed E-state index contributed by atoms with van der Waals surface area (Å²) >= 11 is 1.23. The second kappa shape index (κ2) is 15.3. The summed E-state index contributed by atoms with van der Waals surface area (Å²) in [6.07, 6.45) is 0.992. The number of rotatable bonds is 13. The van der Waals surface area contributed by atoms with Crippen LogP contribution in [0.25, 0.3) is 0 Å². The second-order valence-electron chi connectivity index (χ2n) is 9.15. The van der Waals surface area contributed by atoms with Crippen LogP contribution in [-0.4, -0.2) is 29.3 Å². The first kappa shape index (κ1) is 31.0. The molecule has 0 aliphatic carbocycles. The third kappa shape index (κ3) is 9.89. The molecule has 0 aliphatic rings. The number of hydrogen-bond donors (Lipinski definition) is 5. The number of nitrogens with one attached hydrogen (secondary N) is 4. The van der Waals surface area contributed by atoms with E-state index < -0.39 is 17.7 Å². The summed E-state index contributed by atoms with van der Waals surface area (Å²) in [6, 6.07) is 22.7. The Bertz CT molecular complexity index is 1410. The molecular weight excluding hydrogens is 567 g/mol. The van der Waals surface area contributed by atoms with Crippen LogP contribution in [-0.2, 0) is 29.1 Å². The van der Waals surface area contributed by atoms with E-state index in [2.05, 4.69) is 45.5 Å². The first-order valence-electron chi connectivity index (χ1n) is 13.0. The number of anilines is 4. The van der Waals surface area contributed by atoms with Gasteiger partial charge in [0.2, 0.25) is 0 Å². The standard InChI is InChI=1S/C21H23N6O4.C9H11.Co/c1-12(2)19(29)23-15-7-5-9-17(11-15)26-27-18(13(3)28)20(30)24-14-6-4-8-16(10-14)25-21(22)31;1-2-6-9-7-4-3-5-8-9;/h4-12,26H,1H2,2-3H3,(H,23,29)(H,24,30)(H3,22,25,31);3-8H,2H2,1H3;/b27-18-;;. The molecule has 0 radical (unpaired) electrons. The van der Waals surface area contributed by atoms with E-state index in [9.17, 15) is 19.2 Å². The SMILES string of the molecule is CC[CH]([Co][CH2]C(C)C(=O)Nc1cccc(N/N=C(/C(C)=O)C(=O)Nc2cccc(NC(N)=O)c2)c1)c1ccccc1. The number of nitrogens with two attached hydrogens (primary N) is 1. The van der Waals surface area contributed by atoms with Crippen molar-refractivity contribution in [3.63, 3.8) is 0 Å². The van der Waals surface area contributed by atoms with Crippen molar-refractivity contribution >= 4 is 52.1 Å². The van der Waals surface area contributed by atoms with Gasteiger partial charge in [-0.1, -0.05) is 6.07 Å². The number of benzene rings is 3. The maximum atomic E-state index is 12.9. The molecule has 6 N–H and O–H groups in total. The van der Waals surface area contributed by atoms with Crippen molar-refractivity contribution in [1.82, 2.24) is 0 Å². The maximum absolute atomic E-state index is 12.9. The van der Waals surface area contributed by atoms with Crippen molar-refractivity contribution in [2.24, 2.45) is 16.8 Å². The van der Waals surface area contributed by atoms with E-state index in [0.717, 1.165) is 11.8 Å². The monoisotopic (exact) mass is 601 g/mol. The summed E-state index contributed by atoms with van der Waals surface area (Å²) in [5.74, 6) is -1.59. The zero-order chi connectivity index (χ0) is 29.8. The van der Waals surface area contributed by atoms with E-state index in [1.807, 2.05) is 25.1 Å². The third-order valence-electron chi connectivity index (χ3n) is 5.74. The number of nitrogens with zero attached hydrogens (tertiary/aromatic N) is 1. The number of amides is 4. The van der Waals surface area contributed by atoms with Gasteiger partial charge >= 0.3 is 194 Å². The summed E-state index contributed by atoms with van der Waals surface area (Å²) < 4.78 is 0. The zero-order valence-corrected chi connectivity index (χ0v) is 24.1. The summed E-state index contributed by atoms with van der Waals surface area (Å²) in [4.78, 5) is 49.2. The average molecular weight is 602 g/mol. The number of carbonyl (C=O) groups excluding carboxylic acids is 4. The van der Waals surface area contributed by atoms with Crippen LogP contribution in [0.4, 0.5) is 27.5 Å². The van der Waals surface area contributed by atoms with Gasteiger partial charge in [0, 0.05) is 11.4 Å². The van der Waals surface area contributed by atoms with Crippen LogP contribution in [0.2, 0.25) is 5.36 Å². The molecule has 3 aromatic carbocycles. The Morgan fingerprint density at radius 1 is 0.829 bits per heavy atom. The Balaban J connectivity index is 1.60. The molecule has 0 aliphatic heterocycles. The van der Waals surface area contributed by atoms with Crippen LogP contribution >= 0.6 is 0 Å². The van der Waals surface area contributed by atoms with Crippen molar-refractivity contribution in [3.8, 4) is 0 Å². The quantitative estimate of drug-likeness (QED) is 0.101. The van der Waals surface area contributed by atoms with E-state index >= 15 is 0 Å². The number of hydrogen-bond acceptors (Lipinski definition) is 6. The van der Waals surface area contributed by atoms with Crippen molar-refractivity contribution in [3.05, 3.63) is 84.4 Å². The average Bonchev–Trinajstić information content (AvgIpc) is 2.94. The Hall–Kier alpha value is -4.48. The van der Waals surface area contributed by atoms with E-state index in [-0.39, 0.29) is 17.5 Å². The molecule has 2 unspecified atom stereocenters. The molecule has 0 heterocycles. The molecule has 3 aromatic rings. The fourth-order valence-corrected chi connectivity index (χ4v) is 5.29. The second-order valence-corrected chi connectivity index (χ2v) is 10.7. The van der Waals surface area contributed by atoms with Crippen LogP contribution in [0.15, 0.2) is 84.0 Å². The van der Waals surface area contributed by atoms with Gasteiger partial charge in [-0.3, -0.25) is 0 Å². The van der Waals surface area contributed by atoms with E-state index in [0.29, 0.717) is 27.6 Å². The normalized spacial score (nSPS) is 12.6. The topological polar surface area (TPSA) is 155 Å². The molecule has 0 spiro atoms. The molecule has 4 amide bonds. The predicted octanol–water partition coefficient (Wildman–Crippen LogP) is 5.40. The predicted molar refractivity (Wildman–Crippen MR) is 159 cm³/mol. The van der Waals surface area contributed by atoms with Crippen LogP contribution in [0.5, 0.6) is 0 Å². The van der Waals surface area contributed by atoms with Crippen LogP contribution in [0.3, 0.4) is 0 Å². The molecule has 2 atom stereocenters. The Morgan fingerprint density at radius 3 is 2.02 bits per heavy atom. The number of primary amides is 1. The van der Waals surface area contributed by atoms with Gasteiger partial charge in [-0.05, 0) is 18.2 Å². The van der Waals surface area contributed by atoms with Crippen LogP contribution in [0, 0.1) is 5.92 Å². The minimum absolute atomic E-state index is 0.100. The van der Waals surface area contributed by atoms with Gasteiger partial charge in [-0.25, -0.2) is 4.79 Å². The van der Waals surface area contributed by atoms with Gasteiger partial charge in [0.15, 0.2) is 0 Å². The number of ketones is 1. The summed E-state index contributed by atoms with van der Waals surface area (Å²) in [5.41, 5.74) is 10.5. The van der Waals surface area contributed by atoms with Crippen molar-refractivity contribution < 1.29 is 33.9 Å². The number of hydrazone groups is 1. The van der Waals surface area contributed by atoms with Gasteiger partial charge < -0.3 is 11.1 Å². The molecule has 217 valence electrons. The van der Waals surface area contributed by atoms with Gasteiger partial charge in [0.05, 0.1) is 0 Å². The van der Waals surface area contributed by atoms with Gasteiger partial charge in [-0.2, -0.15) is 0 Å². The molecule has 41 heavy (non-hydrogen) atoms. The number of Topliss-reactive ketones (excluding diaryl/α,β-unsaturated/α-hetero) is 1. The minimum atomic E-state index is -0.746. The molecule has 0 saturated carbocycles.